The predicted octanol–water partition coefficient (Wildman–Crippen LogP) is 1.19. The first-order valence-electron chi connectivity index (χ1n) is 5.28. The third-order valence-corrected chi connectivity index (χ3v) is 4.35. The molecule has 0 aliphatic carbocycles. The number of rotatable bonds is 5. The Hall–Kier alpha value is -0.910. The van der Waals surface area contributed by atoms with E-state index in [9.17, 15) is 8.42 Å². The molecular formula is C11H15NO3S. The summed E-state index contributed by atoms with van der Waals surface area (Å²) in [6.07, 6.45) is -0.259. The molecule has 0 N–H and O–H groups in total. The summed E-state index contributed by atoms with van der Waals surface area (Å²) < 4.78 is 30.2. The number of benzene rings is 1. The van der Waals surface area contributed by atoms with Crippen molar-refractivity contribution in [1.82, 2.24) is 4.31 Å². The molecule has 1 aromatic carbocycles. The molecule has 0 amide bonds. The molecule has 1 aromatic rings. The lowest BCUT2D eigenvalue weighted by atomic mass is 10.2. The molecule has 4 nitrogen and oxygen atoms in total. The van der Waals surface area contributed by atoms with Crippen LogP contribution in [0, 0.1) is 0 Å². The van der Waals surface area contributed by atoms with Gasteiger partial charge in [-0.2, -0.15) is 4.31 Å². The van der Waals surface area contributed by atoms with Crippen molar-refractivity contribution in [2.75, 3.05) is 12.4 Å². The van der Waals surface area contributed by atoms with Gasteiger partial charge in [-0.1, -0.05) is 30.3 Å². The summed E-state index contributed by atoms with van der Waals surface area (Å²) in [4.78, 5) is 0. The lowest BCUT2D eigenvalue weighted by molar-refractivity contribution is 0.265. The van der Waals surface area contributed by atoms with Gasteiger partial charge in [0.05, 0.1) is 12.4 Å². The van der Waals surface area contributed by atoms with Gasteiger partial charge in [-0.25, -0.2) is 8.42 Å². The fourth-order valence-electron chi connectivity index (χ4n) is 1.52. The van der Waals surface area contributed by atoms with Gasteiger partial charge in [0, 0.05) is 6.54 Å². The van der Waals surface area contributed by atoms with E-state index in [2.05, 4.69) is 0 Å². The molecule has 0 spiro atoms. The van der Waals surface area contributed by atoms with Gasteiger partial charge in [0.25, 0.3) is 0 Å². The third-order valence-electron chi connectivity index (χ3n) is 2.54. The molecule has 1 aliphatic heterocycles. The van der Waals surface area contributed by atoms with E-state index in [4.69, 9.17) is 4.74 Å². The van der Waals surface area contributed by atoms with Crippen LogP contribution in [0.3, 0.4) is 0 Å². The molecule has 1 heterocycles. The Morgan fingerprint density at radius 2 is 2.00 bits per heavy atom. The molecule has 0 saturated carbocycles. The summed E-state index contributed by atoms with van der Waals surface area (Å²) in [7, 11) is -3.19. The van der Waals surface area contributed by atoms with Crippen LogP contribution in [-0.2, 0) is 21.3 Å². The highest BCUT2D eigenvalue weighted by molar-refractivity contribution is 7.89. The summed E-state index contributed by atoms with van der Waals surface area (Å²) >= 11 is 0. The van der Waals surface area contributed by atoms with Crippen LogP contribution in [0.25, 0.3) is 0 Å². The van der Waals surface area contributed by atoms with E-state index in [1.807, 2.05) is 30.3 Å². The molecule has 2 rings (SSSR count). The number of nitrogens with zero attached hydrogens (tertiary/aromatic N) is 1. The first kappa shape index (κ1) is 11.6. The maximum absolute atomic E-state index is 11.8. The summed E-state index contributed by atoms with van der Waals surface area (Å²) in [5.41, 5.74) is 0.982. The maximum atomic E-state index is 11.8. The Labute approximate surface area is 95.9 Å². The predicted molar refractivity (Wildman–Crippen MR) is 61.2 cm³/mol. The number of hydrogen-bond donors (Lipinski definition) is 0. The van der Waals surface area contributed by atoms with Crippen molar-refractivity contribution < 1.29 is 13.2 Å². The number of epoxide rings is 1. The van der Waals surface area contributed by atoms with E-state index >= 15 is 0 Å². The zero-order valence-corrected chi connectivity index (χ0v) is 9.98. The molecule has 1 fully saturated rings. The number of sulfonamides is 1. The van der Waals surface area contributed by atoms with Crippen LogP contribution < -0.4 is 0 Å². The molecule has 5 heteroatoms. The highest BCUT2D eigenvalue weighted by Gasteiger charge is 2.37. The Morgan fingerprint density at radius 3 is 2.50 bits per heavy atom. The maximum Gasteiger partial charge on any atom is 0.216 e. The van der Waals surface area contributed by atoms with Crippen LogP contribution >= 0.6 is 0 Å². The third kappa shape index (κ3) is 2.61. The van der Waals surface area contributed by atoms with Gasteiger partial charge in [0.2, 0.25) is 10.0 Å². The van der Waals surface area contributed by atoms with E-state index in [1.54, 1.807) is 6.92 Å². The SMILES string of the molecule is CCS(=O)(=O)N(Cc1ccccc1)C1CO1. The topological polar surface area (TPSA) is 49.9 Å². The Morgan fingerprint density at radius 1 is 1.38 bits per heavy atom. The van der Waals surface area contributed by atoms with Gasteiger partial charge in [0.1, 0.15) is 6.23 Å². The van der Waals surface area contributed by atoms with Crippen molar-refractivity contribution in [1.29, 1.82) is 0 Å². The largest absolute Gasteiger partial charge is 0.355 e. The van der Waals surface area contributed by atoms with E-state index in [1.165, 1.54) is 4.31 Å². The van der Waals surface area contributed by atoms with Crippen LogP contribution in [0.4, 0.5) is 0 Å². The molecule has 1 aliphatic rings. The normalized spacial score (nSPS) is 20.0. The Kier molecular flexibility index (Phi) is 3.28. The van der Waals surface area contributed by atoms with Gasteiger partial charge >= 0.3 is 0 Å². The Bertz CT molecular complexity index is 440. The average Bonchev–Trinajstić information content (AvgIpc) is 3.11. The van der Waals surface area contributed by atoms with Crippen LogP contribution in [-0.4, -0.2) is 31.3 Å². The minimum Gasteiger partial charge on any atom is -0.355 e. The minimum atomic E-state index is -3.19. The summed E-state index contributed by atoms with van der Waals surface area (Å²) in [5, 5.41) is 0. The highest BCUT2D eigenvalue weighted by atomic mass is 32.2. The van der Waals surface area contributed by atoms with E-state index < -0.39 is 10.0 Å². The number of ether oxygens (including phenoxy) is 1. The van der Waals surface area contributed by atoms with Gasteiger partial charge in [0.15, 0.2) is 0 Å². The van der Waals surface area contributed by atoms with Crippen molar-refractivity contribution in [2.45, 2.75) is 19.7 Å². The lowest BCUT2D eigenvalue weighted by Gasteiger charge is -2.19. The fraction of sp³-hybridized carbons (Fsp3) is 0.455. The average molecular weight is 241 g/mol. The molecule has 0 radical (unpaired) electrons. The molecule has 16 heavy (non-hydrogen) atoms. The van der Waals surface area contributed by atoms with Gasteiger partial charge < -0.3 is 4.74 Å². The second-order valence-electron chi connectivity index (χ2n) is 3.72. The molecule has 88 valence electrons. The zero-order chi connectivity index (χ0) is 11.6. The van der Waals surface area contributed by atoms with Crippen LogP contribution in [0.1, 0.15) is 12.5 Å². The van der Waals surface area contributed by atoms with Crippen molar-refractivity contribution in [3.8, 4) is 0 Å². The quantitative estimate of drug-likeness (QED) is 0.728. The molecule has 1 atom stereocenters. The second-order valence-corrected chi connectivity index (χ2v) is 5.93. The Balaban J connectivity index is 2.16. The zero-order valence-electron chi connectivity index (χ0n) is 9.17. The van der Waals surface area contributed by atoms with Crippen LogP contribution in [0.15, 0.2) is 30.3 Å². The van der Waals surface area contributed by atoms with Crippen molar-refractivity contribution in [3.05, 3.63) is 35.9 Å². The molecule has 1 unspecified atom stereocenters. The van der Waals surface area contributed by atoms with E-state index in [0.717, 1.165) is 5.56 Å². The standard InChI is InChI=1S/C11H15NO3S/c1-2-16(13,14)12(11-9-15-11)8-10-6-4-3-5-7-10/h3-7,11H,2,8-9H2,1H3. The second kappa shape index (κ2) is 4.53. The van der Waals surface area contributed by atoms with Gasteiger partial charge in [-0.15, -0.1) is 0 Å². The molecule has 0 aromatic heterocycles. The van der Waals surface area contributed by atoms with E-state index in [0.29, 0.717) is 13.2 Å². The monoisotopic (exact) mass is 241 g/mol. The summed E-state index contributed by atoms with van der Waals surface area (Å²) in [6.45, 7) is 2.55. The minimum absolute atomic E-state index is 0.111. The fourth-order valence-corrected chi connectivity index (χ4v) is 2.68. The lowest BCUT2D eigenvalue weighted by Crippen LogP contribution is -2.34. The first-order chi connectivity index (χ1) is 7.63. The smallest absolute Gasteiger partial charge is 0.216 e. The number of hydrogen-bond acceptors (Lipinski definition) is 3. The molecular weight excluding hydrogens is 226 g/mol. The van der Waals surface area contributed by atoms with Crippen molar-refractivity contribution in [2.24, 2.45) is 0 Å². The van der Waals surface area contributed by atoms with E-state index in [-0.39, 0.29) is 12.0 Å². The summed E-state index contributed by atoms with van der Waals surface area (Å²) in [5.74, 6) is 0.111. The van der Waals surface area contributed by atoms with Crippen LogP contribution in [0.2, 0.25) is 0 Å². The van der Waals surface area contributed by atoms with Gasteiger partial charge in [-0.05, 0) is 12.5 Å². The molecule has 0 bridgehead atoms. The van der Waals surface area contributed by atoms with Crippen LogP contribution in [0.5, 0.6) is 0 Å². The summed E-state index contributed by atoms with van der Waals surface area (Å²) in [6, 6.07) is 9.55. The first-order valence-corrected chi connectivity index (χ1v) is 6.89. The highest BCUT2D eigenvalue weighted by Crippen LogP contribution is 2.22. The van der Waals surface area contributed by atoms with Crippen molar-refractivity contribution in [3.63, 3.8) is 0 Å². The van der Waals surface area contributed by atoms with Gasteiger partial charge in [-0.3, -0.25) is 0 Å². The molecule has 1 saturated heterocycles. The van der Waals surface area contributed by atoms with Crippen molar-refractivity contribution >= 4 is 10.0 Å².